The first-order chi connectivity index (χ1) is 22.4. The van der Waals surface area contributed by atoms with Gasteiger partial charge in [-0.1, -0.05) is 119 Å². The molecule has 3 heteroatoms. The van der Waals surface area contributed by atoms with Crippen LogP contribution >= 0.6 is 7.92 Å². The van der Waals surface area contributed by atoms with E-state index in [4.69, 9.17) is 9.73 Å². The Morgan fingerprint density at radius 1 is 0.674 bits per heavy atom. The first-order valence-corrected chi connectivity index (χ1v) is 18.2. The van der Waals surface area contributed by atoms with Crippen molar-refractivity contribution < 1.29 is 4.74 Å². The van der Waals surface area contributed by atoms with Crippen LogP contribution in [0.2, 0.25) is 0 Å². The minimum absolute atomic E-state index is 0.0282. The summed E-state index contributed by atoms with van der Waals surface area (Å²) in [4.78, 5) is 5.23. The van der Waals surface area contributed by atoms with E-state index in [0.29, 0.717) is 6.61 Å². The van der Waals surface area contributed by atoms with Gasteiger partial charge in [0.25, 0.3) is 0 Å². The van der Waals surface area contributed by atoms with Crippen LogP contribution in [0.1, 0.15) is 68.5 Å². The van der Waals surface area contributed by atoms with Crippen molar-refractivity contribution in [1.29, 1.82) is 0 Å². The molecule has 5 aromatic carbocycles. The zero-order valence-corrected chi connectivity index (χ0v) is 28.3. The maximum atomic E-state index is 6.46. The second-order valence-electron chi connectivity index (χ2n) is 13.8. The van der Waals surface area contributed by atoms with Crippen LogP contribution in [-0.4, -0.2) is 18.5 Å². The maximum Gasteiger partial charge on any atom is 0.216 e. The van der Waals surface area contributed by atoms with Crippen molar-refractivity contribution in [1.82, 2.24) is 0 Å². The Kier molecular flexibility index (Phi) is 7.46. The van der Waals surface area contributed by atoms with Crippen LogP contribution in [0.15, 0.2) is 108 Å². The minimum Gasteiger partial charge on any atom is -0.475 e. The van der Waals surface area contributed by atoms with Crippen molar-refractivity contribution >= 4 is 29.7 Å². The second-order valence-corrected chi connectivity index (χ2v) is 16.0. The zero-order valence-electron chi connectivity index (χ0n) is 27.4. The van der Waals surface area contributed by atoms with Crippen LogP contribution in [0.4, 0.5) is 0 Å². The van der Waals surface area contributed by atoms with Gasteiger partial charge in [-0.3, -0.25) is 0 Å². The van der Waals surface area contributed by atoms with Crippen LogP contribution in [0, 0.1) is 27.7 Å². The maximum absolute atomic E-state index is 6.46. The van der Waals surface area contributed by atoms with E-state index in [-0.39, 0.29) is 11.5 Å². The third-order valence-corrected chi connectivity index (χ3v) is 12.7. The summed E-state index contributed by atoms with van der Waals surface area (Å²) in [7, 11) is -0.762. The molecule has 1 aliphatic heterocycles. The number of benzene rings is 5. The summed E-state index contributed by atoms with van der Waals surface area (Å²) < 4.78 is 6.46. The first kappa shape index (κ1) is 29.4. The van der Waals surface area contributed by atoms with Gasteiger partial charge in [0.1, 0.15) is 6.61 Å². The van der Waals surface area contributed by atoms with Crippen molar-refractivity contribution in [3.8, 4) is 0 Å². The van der Waals surface area contributed by atoms with Crippen molar-refractivity contribution in [3.05, 3.63) is 159 Å². The van der Waals surface area contributed by atoms with Crippen molar-refractivity contribution in [2.45, 2.75) is 71.3 Å². The van der Waals surface area contributed by atoms with E-state index in [9.17, 15) is 0 Å². The summed E-state index contributed by atoms with van der Waals surface area (Å²) in [5, 5.41) is 4.43. The minimum atomic E-state index is -0.762. The van der Waals surface area contributed by atoms with Crippen molar-refractivity contribution in [2.24, 2.45) is 4.99 Å². The highest BCUT2D eigenvalue weighted by molar-refractivity contribution is 7.80. The van der Waals surface area contributed by atoms with Crippen LogP contribution in [0.5, 0.6) is 0 Å². The largest absolute Gasteiger partial charge is 0.475 e. The molecule has 2 atom stereocenters. The molecular weight excluding hydrogens is 577 g/mol. The zero-order chi connectivity index (χ0) is 31.4. The van der Waals surface area contributed by atoms with Crippen LogP contribution < -0.4 is 15.9 Å². The SMILES string of the molecule is Cc1cc(C)cc(P(c2cc(C)cc(C)c2)c2cccc3c2[C@@]2(CCc4cccc(C5=NC(Cc6ccccc6)CO5)c42)CC3)c1. The lowest BCUT2D eigenvalue weighted by molar-refractivity contribution is 0.316. The van der Waals surface area contributed by atoms with Gasteiger partial charge < -0.3 is 4.74 Å². The molecule has 0 bridgehead atoms. The smallest absolute Gasteiger partial charge is 0.216 e. The number of fused-ring (bicyclic) bond motifs is 4. The Bertz CT molecular complexity index is 1900. The lowest BCUT2D eigenvalue weighted by Gasteiger charge is -2.33. The van der Waals surface area contributed by atoms with E-state index in [1.165, 1.54) is 66.0 Å². The van der Waals surface area contributed by atoms with Gasteiger partial charge >= 0.3 is 0 Å². The molecule has 2 nitrogen and oxygen atoms in total. The van der Waals surface area contributed by atoms with E-state index in [2.05, 4.69) is 131 Å². The molecule has 0 N–H and O–H groups in total. The molecule has 0 fully saturated rings. The molecule has 1 heterocycles. The molecule has 0 saturated heterocycles. The summed E-state index contributed by atoms with van der Waals surface area (Å²) in [5.41, 5.74) is 13.9. The number of aliphatic imine (C=N–C) groups is 1. The topological polar surface area (TPSA) is 21.6 Å². The van der Waals surface area contributed by atoms with E-state index >= 15 is 0 Å². The summed E-state index contributed by atoms with van der Waals surface area (Å²) in [5.74, 6) is 0.843. The predicted octanol–water partition coefficient (Wildman–Crippen LogP) is 8.25. The molecule has 3 aliphatic rings. The number of ether oxygens (including phenoxy) is 1. The average Bonchev–Trinajstić information content (AvgIpc) is 3.76. The lowest BCUT2D eigenvalue weighted by atomic mass is 9.74. The van der Waals surface area contributed by atoms with Gasteiger partial charge in [0, 0.05) is 11.0 Å². The van der Waals surface area contributed by atoms with Crippen LogP contribution in [0.25, 0.3) is 0 Å². The highest BCUT2D eigenvalue weighted by Crippen LogP contribution is 2.55. The van der Waals surface area contributed by atoms with E-state index in [1.807, 2.05) is 0 Å². The van der Waals surface area contributed by atoms with Gasteiger partial charge in [-0.25, -0.2) is 4.99 Å². The fraction of sp³-hybridized carbons (Fsp3) is 0.279. The highest BCUT2D eigenvalue weighted by Gasteiger charge is 2.49. The molecule has 46 heavy (non-hydrogen) atoms. The van der Waals surface area contributed by atoms with Crippen LogP contribution in [-0.2, 0) is 29.4 Å². The van der Waals surface area contributed by atoms with Gasteiger partial charge in [-0.15, -0.1) is 0 Å². The molecule has 0 saturated carbocycles. The standard InChI is InChI=1S/C43H42NOP/c1-28-20-29(2)23-36(22-28)46(37-24-30(3)21-31(4)25-37)39-15-9-13-34-17-19-43(41(34)39)18-16-33-12-8-14-38(40(33)43)42-44-35(27-45-42)26-32-10-6-5-7-11-32/h5-15,20-25,35H,16-19,26-27H2,1-4H3/t35?,43-/m0/s1. The summed E-state index contributed by atoms with van der Waals surface area (Å²) in [6.45, 7) is 9.63. The number of rotatable bonds is 6. The number of hydrogen-bond acceptors (Lipinski definition) is 2. The van der Waals surface area contributed by atoms with Gasteiger partial charge in [-0.2, -0.15) is 0 Å². The lowest BCUT2D eigenvalue weighted by Crippen LogP contribution is -2.33. The fourth-order valence-corrected chi connectivity index (χ4v) is 11.7. The van der Waals surface area contributed by atoms with Gasteiger partial charge in [-0.05, 0) is 118 Å². The molecule has 230 valence electrons. The van der Waals surface area contributed by atoms with E-state index in [1.54, 1.807) is 5.56 Å². The van der Waals surface area contributed by atoms with Gasteiger partial charge in [0.2, 0.25) is 5.90 Å². The molecule has 0 aromatic heterocycles. The molecule has 0 amide bonds. The van der Waals surface area contributed by atoms with Crippen molar-refractivity contribution in [3.63, 3.8) is 0 Å². The van der Waals surface area contributed by atoms with E-state index < -0.39 is 7.92 Å². The Morgan fingerprint density at radius 3 is 1.89 bits per heavy atom. The second kappa shape index (κ2) is 11.7. The van der Waals surface area contributed by atoms with E-state index in [0.717, 1.165) is 38.0 Å². The summed E-state index contributed by atoms with van der Waals surface area (Å²) in [6.07, 6.45) is 5.42. The molecule has 1 spiro atoms. The fourth-order valence-electron chi connectivity index (χ4n) is 8.67. The van der Waals surface area contributed by atoms with Crippen LogP contribution in [0.3, 0.4) is 0 Å². The molecule has 0 radical (unpaired) electrons. The Hall–Kier alpha value is -4.00. The monoisotopic (exact) mass is 619 g/mol. The number of aryl methyl sites for hydroxylation is 6. The first-order valence-electron chi connectivity index (χ1n) is 16.8. The molecule has 2 aliphatic carbocycles. The highest BCUT2D eigenvalue weighted by atomic mass is 31.1. The predicted molar refractivity (Wildman–Crippen MR) is 194 cm³/mol. The number of hydrogen-bond donors (Lipinski definition) is 0. The number of nitrogens with zero attached hydrogens (tertiary/aromatic N) is 1. The third kappa shape index (κ3) is 5.12. The Morgan fingerprint density at radius 2 is 1.26 bits per heavy atom. The Balaban J connectivity index is 1.29. The third-order valence-electron chi connectivity index (χ3n) is 10.3. The Labute approximate surface area is 275 Å². The average molecular weight is 620 g/mol. The summed E-state index contributed by atoms with van der Waals surface area (Å²) in [6, 6.07) is 39.3. The quantitative estimate of drug-likeness (QED) is 0.176. The molecule has 8 rings (SSSR count). The molecule has 5 aromatic rings. The summed E-state index contributed by atoms with van der Waals surface area (Å²) >= 11 is 0. The van der Waals surface area contributed by atoms with Crippen molar-refractivity contribution in [2.75, 3.05) is 6.61 Å². The normalized spacial score (nSPS) is 19.8. The molecule has 1 unspecified atom stereocenters. The molecular formula is C43H42NOP. The van der Waals surface area contributed by atoms with Gasteiger partial charge in [0.05, 0.1) is 6.04 Å². The van der Waals surface area contributed by atoms with Gasteiger partial charge in [0.15, 0.2) is 0 Å².